The molecule has 0 aliphatic carbocycles. The van der Waals surface area contributed by atoms with Crippen molar-refractivity contribution in [3.8, 4) is 0 Å². The first kappa shape index (κ1) is 6.73. The molecule has 1 atom stereocenters. The van der Waals surface area contributed by atoms with Crippen molar-refractivity contribution in [1.29, 1.82) is 0 Å². The van der Waals surface area contributed by atoms with Crippen LogP contribution in [0.25, 0.3) is 0 Å². The standard InChI is InChI=1S/C5H6N2O3/c1-2-3(4(8)9)7-5(10)6-2/h2H,1H3,(H,6,10)(H,8,9). The van der Waals surface area contributed by atoms with Crippen LogP contribution in [0.5, 0.6) is 0 Å². The summed E-state index contributed by atoms with van der Waals surface area (Å²) in [6, 6.07) is -1.05. The second kappa shape index (κ2) is 2.09. The Kier molecular flexibility index (Phi) is 1.41. The molecule has 0 radical (unpaired) electrons. The van der Waals surface area contributed by atoms with E-state index in [1.807, 2.05) is 0 Å². The molecule has 0 bridgehead atoms. The number of hydrogen-bond acceptors (Lipinski definition) is 2. The first-order valence-electron chi connectivity index (χ1n) is 2.73. The number of carboxylic acid groups (broad SMARTS) is 1. The number of amides is 2. The van der Waals surface area contributed by atoms with Gasteiger partial charge in [0.25, 0.3) is 0 Å². The Bertz CT molecular complexity index is 221. The van der Waals surface area contributed by atoms with Crippen molar-refractivity contribution >= 4 is 17.7 Å². The lowest BCUT2D eigenvalue weighted by Gasteiger charge is -1.99. The average Bonchev–Trinajstić information content (AvgIpc) is 2.10. The molecule has 1 unspecified atom stereocenters. The molecule has 0 saturated heterocycles. The van der Waals surface area contributed by atoms with Gasteiger partial charge in [-0.2, -0.15) is 4.99 Å². The molecule has 0 aromatic rings. The number of rotatable bonds is 1. The minimum atomic E-state index is -1.15. The molecular weight excluding hydrogens is 136 g/mol. The zero-order valence-electron chi connectivity index (χ0n) is 5.29. The lowest BCUT2D eigenvalue weighted by Crippen LogP contribution is -2.32. The molecule has 1 heterocycles. The first-order chi connectivity index (χ1) is 4.61. The summed E-state index contributed by atoms with van der Waals surface area (Å²) in [6.07, 6.45) is 0. The molecule has 10 heavy (non-hydrogen) atoms. The van der Waals surface area contributed by atoms with Crippen molar-refractivity contribution < 1.29 is 14.7 Å². The highest BCUT2D eigenvalue weighted by atomic mass is 16.4. The van der Waals surface area contributed by atoms with Crippen molar-refractivity contribution in [2.75, 3.05) is 0 Å². The molecule has 0 fully saturated rings. The Morgan fingerprint density at radius 1 is 1.80 bits per heavy atom. The van der Waals surface area contributed by atoms with Crippen molar-refractivity contribution in [3.63, 3.8) is 0 Å². The lowest BCUT2D eigenvalue weighted by atomic mass is 10.2. The number of hydrogen-bond donors (Lipinski definition) is 2. The Hall–Kier alpha value is -1.39. The number of carboxylic acids is 1. The summed E-state index contributed by atoms with van der Waals surface area (Å²) >= 11 is 0. The molecule has 1 rings (SSSR count). The van der Waals surface area contributed by atoms with E-state index in [1.165, 1.54) is 0 Å². The lowest BCUT2D eigenvalue weighted by molar-refractivity contribution is -0.129. The number of carbonyl (C=O) groups excluding carboxylic acids is 1. The van der Waals surface area contributed by atoms with Crippen LogP contribution in [0.3, 0.4) is 0 Å². The first-order valence-corrected chi connectivity index (χ1v) is 2.73. The molecule has 0 aromatic heterocycles. The number of carbonyl (C=O) groups is 2. The van der Waals surface area contributed by atoms with Gasteiger partial charge in [0.1, 0.15) is 0 Å². The third-order valence-corrected chi connectivity index (χ3v) is 1.19. The van der Waals surface area contributed by atoms with Gasteiger partial charge in [0.05, 0.1) is 6.04 Å². The maximum absolute atomic E-state index is 10.4. The van der Waals surface area contributed by atoms with E-state index in [0.717, 1.165) is 0 Å². The summed E-state index contributed by atoms with van der Waals surface area (Å²) in [5.41, 5.74) is -0.120. The predicted octanol–water partition coefficient (Wildman–Crippen LogP) is -0.376. The maximum atomic E-state index is 10.4. The number of nitrogens with one attached hydrogen (secondary N) is 1. The van der Waals surface area contributed by atoms with E-state index in [0.29, 0.717) is 0 Å². The molecule has 0 aromatic carbocycles. The van der Waals surface area contributed by atoms with Crippen LogP contribution in [-0.2, 0) is 4.79 Å². The van der Waals surface area contributed by atoms with Crippen molar-refractivity contribution in [1.82, 2.24) is 5.32 Å². The fraction of sp³-hybridized carbons (Fsp3) is 0.400. The quantitative estimate of drug-likeness (QED) is 0.524. The number of nitrogens with zero attached hydrogens (tertiary/aromatic N) is 1. The average molecular weight is 142 g/mol. The zero-order chi connectivity index (χ0) is 7.72. The molecule has 5 heteroatoms. The highest BCUT2D eigenvalue weighted by molar-refractivity contribution is 6.41. The van der Waals surface area contributed by atoms with E-state index < -0.39 is 18.0 Å². The number of urea groups is 1. The Morgan fingerprint density at radius 2 is 2.40 bits per heavy atom. The van der Waals surface area contributed by atoms with Crippen molar-refractivity contribution in [2.24, 2.45) is 4.99 Å². The molecule has 2 amide bonds. The van der Waals surface area contributed by atoms with Gasteiger partial charge >= 0.3 is 12.0 Å². The van der Waals surface area contributed by atoms with Gasteiger partial charge in [-0.05, 0) is 6.92 Å². The van der Waals surface area contributed by atoms with Gasteiger partial charge in [-0.15, -0.1) is 0 Å². The summed E-state index contributed by atoms with van der Waals surface area (Å²) in [7, 11) is 0. The van der Waals surface area contributed by atoms with E-state index in [9.17, 15) is 9.59 Å². The summed E-state index contributed by atoms with van der Waals surface area (Å²) < 4.78 is 0. The van der Waals surface area contributed by atoms with E-state index in [4.69, 9.17) is 5.11 Å². The van der Waals surface area contributed by atoms with E-state index in [-0.39, 0.29) is 5.71 Å². The van der Waals surface area contributed by atoms with Crippen LogP contribution < -0.4 is 5.32 Å². The fourth-order valence-electron chi connectivity index (χ4n) is 0.725. The third kappa shape index (κ3) is 0.975. The summed E-state index contributed by atoms with van der Waals surface area (Å²) in [4.78, 5) is 23.9. The largest absolute Gasteiger partial charge is 0.477 e. The van der Waals surface area contributed by atoms with Crippen LogP contribution in [0, 0.1) is 0 Å². The minimum absolute atomic E-state index is 0.120. The molecule has 1 aliphatic heterocycles. The van der Waals surface area contributed by atoms with E-state index in [2.05, 4.69) is 10.3 Å². The number of aliphatic imine (C=N–C) groups is 1. The Balaban J connectivity index is 2.85. The van der Waals surface area contributed by atoms with E-state index >= 15 is 0 Å². The minimum Gasteiger partial charge on any atom is -0.477 e. The Morgan fingerprint density at radius 3 is 2.60 bits per heavy atom. The van der Waals surface area contributed by atoms with E-state index in [1.54, 1.807) is 6.92 Å². The summed E-state index contributed by atoms with van der Waals surface area (Å²) in [5.74, 6) is -1.15. The van der Waals surface area contributed by atoms with Crippen molar-refractivity contribution in [2.45, 2.75) is 13.0 Å². The van der Waals surface area contributed by atoms with Gasteiger partial charge < -0.3 is 10.4 Å². The van der Waals surface area contributed by atoms with Crippen LogP contribution in [-0.4, -0.2) is 28.9 Å². The molecule has 1 aliphatic rings. The second-order valence-electron chi connectivity index (χ2n) is 1.97. The monoisotopic (exact) mass is 142 g/mol. The topological polar surface area (TPSA) is 78.8 Å². The molecule has 5 nitrogen and oxygen atoms in total. The van der Waals surface area contributed by atoms with Gasteiger partial charge in [0.15, 0.2) is 5.71 Å². The van der Waals surface area contributed by atoms with Gasteiger partial charge in [-0.25, -0.2) is 9.59 Å². The molecule has 2 N–H and O–H groups in total. The predicted molar refractivity (Wildman–Crippen MR) is 33.1 cm³/mol. The molecular formula is C5H6N2O3. The van der Waals surface area contributed by atoms with Crippen molar-refractivity contribution in [3.05, 3.63) is 0 Å². The smallest absolute Gasteiger partial charge is 0.352 e. The summed E-state index contributed by atoms with van der Waals surface area (Å²) in [6.45, 7) is 1.57. The maximum Gasteiger partial charge on any atom is 0.352 e. The molecule has 0 saturated carbocycles. The third-order valence-electron chi connectivity index (χ3n) is 1.19. The zero-order valence-corrected chi connectivity index (χ0v) is 5.29. The van der Waals surface area contributed by atoms with Crippen LogP contribution in [0.15, 0.2) is 4.99 Å². The van der Waals surface area contributed by atoms with Crippen LogP contribution in [0.1, 0.15) is 6.92 Å². The highest BCUT2D eigenvalue weighted by Gasteiger charge is 2.26. The highest BCUT2D eigenvalue weighted by Crippen LogP contribution is 1.98. The van der Waals surface area contributed by atoms with Crippen LogP contribution >= 0.6 is 0 Å². The SMILES string of the molecule is CC1NC(=O)N=C1C(=O)O. The van der Waals surface area contributed by atoms with Gasteiger partial charge in [0, 0.05) is 0 Å². The van der Waals surface area contributed by atoms with Gasteiger partial charge in [-0.3, -0.25) is 0 Å². The van der Waals surface area contributed by atoms with Gasteiger partial charge in [-0.1, -0.05) is 0 Å². The van der Waals surface area contributed by atoms with Gasteiger partial charge in [0.2, 0.25) is 0 Å². The number of aliphatic carboxylic acids is 1. The normalized spacial score (nSPS) is 23.9. The van der Waals surface area contributed by atoms with Crippen LogP contribution in [0.4, 0.5) is 4.79 Å². The summed E-state index contributed by atoms with van der Waals surface area (Å²) in [5, 5.41) is 10.7. The Labute approximate surface area is 56.8 Å². The fourth-order valence-corrected chi connectivity index (χ4v) is 0.725. The van der Waals surface area contributed by atoms with Crippen LogP contribution in [0.2, 0.25) is 0 Å². The molecule has 0 spiro atoms. The second-order valence-corrected chi connectivity index (χ2v) is 1.97. The molecule has 54 valence electrons.